The fourth-order valence-corrected chi connectivity index (χ4v) is 2.17. The zero-order chi connectivity index (χ0) is 15.1. The molecule has 2 aromatic rings. The lowest BCUT2D eigenvalue weighted by molar-refractivity contribution is 0.352. The van der Waals surface area contributed by atoms with Gasteiger partial charge in [-0.3, -0.25) is 0 Å². The van der Waals surface area contributed by atoms with Gasteiger partial charge in [0, 0.05) is 31.1 Å². The van der Waals surface area contributed by atoms with E-state index < -0.39 is 0 Å². The minimum atomic E-state index is 0.381. The van der Waals surface area contributed by atoms with Crippen LogP contribution in [0.4, 0.5) is 0 Å². The molecule has 114 valence electrons. The van der Waals surface area contributed by atoms with Gasteiger partial charge in [-0.15, -0.1) is 0 Å². The van der Waals surface area contributed by atoms with E-state index in [9.17, 15) is 0 Å². The Bertz CT molecular complexity index is 539. The number of aromatic nitrogens is 3. The van der Waals surface area contributed by atoms with E-state index in [-0.39, 0.29) is 0 Å². The normalized spacial score (nSPS) is 12.3. The molecular formula is C15H22N4O2. The van der Waals surface area contributed by atoms with Gasteiger partial charge in [0.1, 0.15) is 0 Å². The van der Waals surface area contributed by atoms with E-state index in [1.54, 1.807) is 13.3 Å². The highest BCUT2D eigenvalue weighted by atomic mass is 16.5. The van der Waals surface area contributed by atoms with Crippen molar-refractivity contribution >= 4 is 0 Å². The largest absolute Gasteiger partial charge is 0.481 e. The number of hydrogen-bond donors (Lipinski definition) is 1. The molecule has 1 N–H and O–H groups in total. The Morgan fingerprint density at radius 3 is 2.86 bits per heavy atom. The van der Waals surface area contributed by atoms with Crippen molar-refractivity contribution < 1.29 is 9.26 Å². The average Bonchev–Trinajstić information content (AvgIpc) is 2.94. The van der Waals surface area contributed by atoms with Gasteiger partial charge in [0.2, 0.25) is 11.8 Å². The van der Waals surface area contributed by atoms with Gasteiger partial charge in [-0.1, -0.05) is 24.6 Å². The summed E-state index contributed by atoms with van der Waals surface area (Å²) in [5.74, 6) is 1.96. The molecule has 0 amide bonds. The fourth-order valence-electron chi connectivity index (χ4n) is 2.17. The predicted molar refractivity (Wildman–Crippen MR) is 79.4 cm³/mol. The molecule has 0 aliphatic rings. The second kappa shape index (κ2) is 7.73. The van der Waals surface area contributed by atoms with Gasteiger partial charge < -0.3 is 14.6 Å². The Hall–Kier alpha value is -1.95. The van der Waals surface area contributed by atoms with Crippen molar-refractivity contribution in [2.45, 2.75) is 38.6 Å². The van der Waals surface area contributed by atoms with Crippen LogP contribution in [-0.4, -0.2) is 35.3 Å². The minimum absolute atomic E-state index is 0.381. The van der Waals surface area contributed by atoms with Crippen LogP contribution in [0, 0.1) is 0 Å². The molecule has 0 fully saturated rings. The Morgan fingerprint density at radius 1 is 1.38 bits per heavy atom. The van der Waals surface area contributed by atoms with Crippen LogP contribution >= 0.6 is 0 Å². The lowest BCUT2D eigenvalue weighted by Crippen LogP contribution is -2.27. The first-order valence-corrected chi connectivity index (χ1v) is 7.22. The van der Waals surface area contributed by atoms with E-state index in [2.05, 4.69) is 27.4 Å². The number of nitrogens with zero attached hydrogens (tertiary/aromatic N) is 3. The molecule has 6 nitrogen and oxygen atoms in total. The predicted octanol–water partition coefficient (Wildman–Crippen LogP) is 1.99. The number of nitrogens with one attached hydrogen (secondary N) is 1. The summed E-state index contributed by atoms with van der Waals surface area (Å²) >= 11 is 0. The summed E-state index contributed by atoms with van der Waals surface area (Å²) < 4.78 is 10.3. The molecule has 1 atom stereocenters. The van der Waals surface area contributed by atoms with E-state index in [1.165, 1.54) is 0 Å². The summed E-state index contributed by atoms with van der Waals surface area (Å²) in [4.78, 5) is 8.61. The molecule has 0 saturated carbocycles. The molecule has 2 rings (SSSR count). The van der Waals surface area contributed by atoms with Crippen molar-refractivity contribution in [2.24, 2.45) is 0 Å². The number of rotatable bonds is 8. The van der Waals surface area contributed by atoms with Crippen molar-refractivity contribution in [3.63, 3.8) is 0 Å². The van der Waals surface area contributed by atoms with Crippen LogP contribution in [-0.2, 0) is 12.8 Å². The SMILES string of the molecule is CCCC(Cc1nc(Cc2ccc(OC)nc2)no1)NC. The molecule has 0 bridgehead atoms. The third-order valence-corrected chi connectivity index (χ3v) is 3.35. The first kappa shape index (κ1) is 15.4. The summed E-state index contributed by atoms with van der Waals surface area (Å²) in [5.41, 5.74) is 1.03. The van der Waals surface area contributed by atoms with Gasteiger partial charge in [0.15, 0.2) is 5.82 Å². The van der Waals surface area contributed by atoms with Crippen molar-refractivity contribution in [1.29, 1.82) is 0 Å². The van der Waals surface area contributed by atoms with Crippen LogP contribution < -0.4 is 10.1 Å². The molecule has 0 saturated heterocycles. The van der Waals surface area contributed by atoms with E-state index in [0.29, 0.717) is 30.1 Å². The average molecular weight is 290 g/mol. The molecule has 0 radical (unpaired) electrons. The Morgan fingerprint density at radius 2 is 2.24 bits per heavy atom. The van der Waals surface area contributed by atoms with Crippen LogP contribution in [0.1, 0.15) is 37.0 Å². The first-order valence-electron chi connectivity index (χ1n) is 7.22. The van der Waals surface area contributed by atoms with Crippen LogP contribution in [0.3, 0.4) is 0 Å². The highest BCUT2D eigenvalue weighted by Gasteiger charge is 2.13. The quantitative estimate of drug-likeness (QED) is 0.801. The maximum atomic E-state index is 5.31. The highest BCUT2D eigenvalue weighted by Crippen LogP contribution is 2.11. The lowest BCUT2D eigenvalue weighted by atomic mass is 10.1. The topological polar surface area (TPSA) is 73.1 Å². The molecule has 0 aromatic carbocycles. The van der Waals surface area contributed by atoms with Gasteiger partial charge in [0.25, 0.3) is 0 Å². The Labute approximate surface area is 124 Å². The smallest absolute Gasteiger partial charge is 0.228 e. The number of pyridine rings is 1. The van der Waals surface area contributed by atoms with Crippen LogP contribution in [0.25, 0.3) is 0 Å². The second-order valence-electron chi connectivity index (χ2n) is 4.97. The third-order valence-electron chi connectivity index (χ3n) is 3.35. The lowest BCUT2D eigenvalue weighted by Gasteiger charge is -2.11. The number of methoxy groups -OCH3 is 1. The Balaban J connectivity index is 1.95. The van der Waals surface area contributed by atoms with Crippen LogP contribution in [0.5, 0.6) is 5.88 Å². The second-order valence-corrected chi connectivity index (χ2v) is 4.97. The fraction of sp³-hybridized carbons (Fsp3) is 0.533. The monoisotopic (exact) mass is 290 g/mol. The number of likely N-dealkylation sites (N-methyl/N-ethyl adjacent to an activating group) is 1. The molecule has 21 heavy (non-hydrogen) atoms. The van der Waals surface area contributed by atoms with Gasteiger partial charge in [-0.25, -0.2) is 4.98 Å². The highest BCUT2D eigenvalue weighted by molar-refractivity contribution is 5.20. The molecule has 0 aliphatic carbocycles. The summed E-state index contributed by atoms with van der Waals surface area (Å²) in [6, 6.07) is 4.16. The van der Waals surface area contributed by atoms with Crippen molar-refractivity contribution in [1.82, 2.24) is 20.4 Å². The third kappa shape index (κ3) is 4.53. The van der Waals surface area contributed by atoms with Gasteiger partial charge in [-0.2, -0.15) is 4.98 Å². The summed E-state index contributed by atoms with van der Waals surface area (Å²) in [5, 5.41) is 7.30. The van der Waals surface area contributed by atoms with Gasteiger partial charge in [0.05, 0.1) is 7.11 Å². The van der Waals surface area contributed by atoms with E-state index >= 15 is 0 Å². The molecular weight excluding hydrogens is 268 g/mol. The summed E-state index contributed by atoms with van der Waals surface area (Å²) in [6.07, 6.45) is 5.36. The summed E-state index contributed by atoms with van der Waals surface area (Å²) in [7, 11) is 3.56. The van der Waals surface area contributed by atoms with Gasteiger partial charge in [-0.05, 0) is 19.0 Å². The van der Waals surface area contributed by atoms with Crippen molar-refractivity contribution in [3.05, 3.63) is 35.6 Å². The zero-order valence-electron chi connectivity index (χ0n) is 12.8. The van der Waals surface area contributed by atoms with Gasteiger partial charge >= 0.3 is 0 Å². The Kier molecular flexibility index (Phi) is 5.68. The maximum absolute atomic E-state index is 5.31. The molecule has 1 unspecified atom stereocenters. The zero-order valence-corrected chi connectivity index (χ0v) is 12.8. The van der Waals surface area contributed by atoms with E-state index in [4.69, 9.17) is 9.26 Å². The van der Waals surface area contributed by atoms with Crippen molar-refractivity contribution in [3.8, 4) is 5.88 Å². The molecule has 0 aliphatic heterocycles. The van der Waals surface area contributed by atoms with Crippen LogP contribution in [0.15, 0.2) is 22.9 Å². The molecule has 6 heteroatoms. The van der Waals surface area contributed by atoms with Crippen molar-refractivity contribution in [2.75, 3.05) is 14.2 Å². The number of hydrogen-bond acceptors (Lipinski definition) is 6. The molecule has 0 spiro atoms. The molecule has 2 heterocycles. The van der Waals surface area contributed by atoms with E-state index in [0.717, 1.165) is 24.8 Å². The molecule has 2 aromatic heterocycles. The summed E-state index contributed by atoms with van der Waals surface area (Å²) in [6.45, 7) is 2.17. The standard InChI is InChI=1S/C15H22N4O2/c1-4-5-12(16-2)9-15-18-13(19-21-15)8-11-6-7-14(20-3)17-10-11/h6-7,10,12,16H,4-5,8-9H2,1-3H3. The van der Waals surface area contributed by atoms with Crippen LogP contribution in [0.2, 0.25) is 0 Å². The first-order chi connectivity index (χ1) is 10.2. The van der Waals surface area contributed by atoms with E-state index in [1.807, 2.05) is 19.2 Å². The minimum Gasteiger partial charge on any atom is -0.481 e. The number of ether oxygens (including phenoxy) is 1. The maximum Gasteiger partial charge on any atom is 0.228 e.